The summed E-state index contributed by atoms with van der Waals surface area (Å²) in [6, 6.07) is 0. The SMILES string of the molecule is CC(O)CN1CCN(C(C)(C)C)CC1. The molecule has 1 rings (SSSR count). The zero-order chi connectivity index (χ0) is 10.8. The van der Waals surface area contributed by atoms with Gasteiger partial charge in [0, 0.05) is 38.3 Å². The summed E-state index contributed by atoms with van der Waals surface area (Å²) < 4.78 is 0. The summed E-state index contributed by atoms with van der Waals surface area (Å²) in [5.74, 6) is 0. The van der Waals surface area contributed by atoms with Gasteiger partial charge in [0.2, 0.25) is 0 Å². The van der Waals surface area contributed by atoms with Crippen molar-refractivity contribution >= 4 is 0 Å². The van der Waals surface area contributed by atoms with Crippen molar-refractivity contribution in [2.45, 2.75) is 39.3 Å². The summed E-state index contributed by atoms with van der Waals surface area (Å²) in [5, 5.41) is 9.28. The van der Waals surface area contributed by atoms with Crippen molar-refractivity contribution in [1.29, 1.82) is 0 Å². The monoisotopic (exact) mass is 200 g/mol. The van der Waals surface area contributed by atoms with Crippen molar-refractivity contribution in [3.05, 3.63) is 0 Å². The highest BCUT2D eigenvalue weighted by molar-refractivity contribution is 4.82. The Labute approximate surface area is 87.7 Å². The van der Waals surface area contributed by atoms with E-state index < -0.39 is 0 Å². The molecular weight excluding hydrogens is 176 g/mol. The number of nitrogens with zero attached hydrogens (tertiary/aromatic N) is 2. The van der Waals surface area contributed by atoms with Crippen LogP contribution in [0.15, 0.2) is 0 Å². The van der Waals surface area contributed by atoms with Crippen LogP contribution in [0.5, 0.6) is 0 Å². The normalized spacial score (nSPS) is 23.8. The van der Waals surface area contributed by atoms with Crippen LogP contribution < -0.4 is 0 Å². The molecule has 1 unspecified atom stereocenters. The molecule has 1 saturated heterocycles. The first-order valence-corrected chi connectivity index (χ1v) is 5.55. The van der Waals surface area contributed by atoms with E-state index >= 15 is 0 Å². The van der Waals surface area contributed by atoms with Crippen molar-refractivity contribution < 1.29 is 5.11 Å². The fourth-order valence-electron chi connectivity index (χ4n) is 1.97. The highest BCUT2D eigenvalue weighted by atomic mass is 16.3. The van der Waals surface area contributed by atoms with E-state index in [1.54, 1.807) is 0 Å². The molecule has 0 aromatic carbocycles. The second-order valence-corrected chi connectivity index (χ2v) is 5.31. The van der Waals surface area contributed by atoms with Crippen LogP contribution in [-0.4, -0.2) is 59.3 Å². The zero-order valence-corrected chi connectivity index (χ0v) is 9.95. The number of aliphatic hydroxyl groups is 1. The lowest BCUT2D eigenvalue weighted by molar-refractivity contribution is 0.0406. The van der Waals surface area contributed by atoms with Crippen LogP contribution in [0.2, 0.25) is 0 Å². The second-order valence-electron chi connectivity index (χ2n) is 5.31. The van der Waals surface area contributed by atoms with E-state index in [0.717, 1.165) is 32.7 Å². The van der Waals surface area contributed by atoms with Crippen molar-refractivity contribution in [1.82, 2.24) is 9.80 Å². The van der Waals surface area contributed by atoms with Crippen LogP contribution in [0.1, 0.15) is 27.7 Å². The third-order valence-electron chi connectivity index (χ3n) is 2.84. The summed E-state index contributed by atoms with van der Waals surface area (Å²) in [6.45, 7) is 13.9. The molecular formula is C11H24N2O. The van der Waals surface area contributed by atoms with E-state index in [2.05, 4.69) is 30.6 Å². The standard InChI is InChI=1S/C11H24N2O/c1-10(14)9-12-5-7-13(8-6-12)11(2,3)4/h10,14H,5-9H2,1-4H3. The Hall–Kier alpha value is -0.120. The molecule has 1 heterocycles. The van der Waals surface area contributed by atoms with Crippen molar-refractivity contribution in [2.24, 2.45) is 0 Å². The first kappa shape index (κ1) is 12.0. The lowest BCUT2D eigenvalue weighted by Gasteiger charge is -2.42. The van der Waals surface area contributed by atoms with E-state index in [0.29, 0.717) is 0 Å². The van der Waals surface area contributed by atoms with E-state index in [-0.39, 0.29) is 11.6 Å². The maximum atomic E-state index is 9.28. The van der Waals surface area contributed by atoms with Gasteiger partial charge in [0.05, 0.1) is 6.10 Å². The van der Waals surface area contributed by atoms with Crippen molar-refractivity contribution in [3.8, 4) is 0 Å². The summed E-state index contributed by atoms with van der Waals surface area (Å²) in [5.41, 5.74) is 0.289. The minimum absolute atomic E-state index is 0.198. The summed E-state index contributed by atoms with van der Waals surface area (Å²) in [7, 11) is 0. The number of piperazine rings is 1. The molecule has 0 aliphatic carbocycles. The molecule has 0 radical (unpaired) electrons. The average molecular weight is 200 g/mol. The van der Waals surface area contributed by atoms with Gasteiger partial charge in [0.15, 0.2) is 0 Å². The van der Waals surface area contributed by atoms with Gasteiger partial charge in [-0.3, -0.25) is 9.80 Å². The number of hydrogen-bond donors (Lipinski definition) is 1. The number of β-amino-alcohol motifs (C(OH)–C–C–N with tert-alkyl or cyclic N) is 1. The first-order chi connectivity index (χ1) is 6.39. The molecule has 3 nitrogen and oxygen atoms in total. The van der Waals surface area contributed by atoms with Gasteiger partial charge in [-0.2, -0.15) is 0 Å². The molecule has 0 spiro atoms. The predicted octanol–water partition coefficient (Wildman–Crippen LogP) is 0.783. The highest BCUT2D eigenvalue weighted by Gasteiger charge is 2.25. The molecule has 0 aromatic heterocycles. The quantitative estimate of drug-likeness (QED) is 0.714. The van der Waals surface area contributed by atoms with Gasteiger partial charge < -0.3 is 5.11 Å². The second kappa shape index (κ2) is 4.60. The van der Waals surface area contributed by atoms with Gasteiger partial charge in [-0.25, -0.2) is 0 Å². The van der Waals surface area contributed by atoms with Crippen molar-refractivity contribution in [3.63, 3.8) is 0 Å². The van der Waals surface area contributed by atoms with Crippen LogP contribution in [0.3, 0.4) is 0 Å². The Bertz CT molecular complexity index is 167. The number of rotatable bonds is 2. The molecule has 1 fully saturated rings. The topological polar surface area (TPSA) is 26.7 Å². The molecule has 1 N–H and O–H groups in total. The van der Waals surface area contributed by atoms with Crippen LogP contribution in [0.4, 0.5) is 0 Å². The summed E-state index contributed by atoms with van der Waals surface area (Å²) in [6.07, 6.45) is -0.198. The highest BCUT2D eigenvalue weighted by Crippen LogP contribution is 2.15. The predicted molar refractivity (Wildman–Crippen MR) is 59.4 cm³/mol. The van der Waals surface area contributed by atoms with Gasteiger partial charge in [-0.15, -0.1) is 0 Å². The maximum Gasteiger partial charge on any atom is 0.0639 e. The fraction of sp³-hybridized carbons (Fsp3) is 1.00. The Morgan fingerprint density at radius 3 is 2.00 bits per heavy atom. The van der Waals surface area contributed by atoms with E-state index in [9.17, 15) is 5.11 Å². The number of aliphatic hydroxyl groups excluding tert-OH is 1. The molecule has 1 atom stereocenters. The Kier molecular flexibility index (Phi) is 3.93. The third kappa shape index (κ3) is 3.56. The molecule has 1 aliphatic heterocycles. The fourth-order valence-corrected chi connectivity index (χ4v) is 1.97. The van der Waals surface area contributed by atoms with Gasteiger partial charge in [0.1, 0.15) is 0 Å². The largest absolute Gasteiger partial charge is 0.392 e. The van der Waals surface area contributed by atoms with Gasteiger partial charge >= 0.3 is 0 Å². The lowest BCUT2D eigenvalue weighted by Crippen LogP contribution is -2.54. The Morgan fingerprint density at radius 2 is 1.64 bits per heavy atom. The van der Waals surface area contributed by atoms with Gasteiger partial charge in [-0.05, 0) is 27.7 Å². The molecule has 0 saturated carbocycles. The minimum atomic E-state index is -0.198. The van der Waals surface area contributed by atoms with Gasteiger partial charge in [-0.1, -0.05) is 0 Å². The minimum Gasteiger partial charge on any atom is -0.392 e. The molecule has 14 heavy (non-hydrogen) atoms. The molecule has 3 heteroatoms. The average Bonchev–Trinajstić information content (AvgIpc) is 2.02. The Morgan fingerprint density at radius 1 is 1.14 bits per heavy atom. The first-order valence-electron chi connectivity index (χ1n) is 5.55. The van der Waals surface area contributed by atoms with Gasteiger partial charge in [0.25, 0.3) is 0 Å². The molecule has 84 valence electrons. The summed E-state index contributed by atoms with van der Waals surface area (Å²) >= 11 is 0. The van der Waals surface area contributed by atoms with E-state index in [4.69, 9.17) is 0 Å². The van der Waals surface area contributed by atoms with Crippen LogP contribution in [-0.2, 0) is 0 Å². The van der Waals surface area contributed by atoms with E-state index in [1.165, 1.54) is 0 Å². The zero-order valence-electron chi connectivity index (χ0n) is 9.95. The van der Waals surface area contributed by atoms with Crippen molar-refractivity contribution in [2.75, 3.05) is 32.7 Å². The molecule has 0 amide bonds. The van der Waals surface area contributed by atoms with Crippen LogP contribution in [0, 0.1) is 0 Å². The lowest BCUT2D eigenvalue weighted by atomic mass is 10.0. The third-order valence-corrected chi connectivity index (χ3v) is 2.84. The van der Waals surface area contributed by atoms with E-state index in [1.807, 2.05) is 6.92 Å². The molecule has 0 aromatic rings. The Balaban J connectivity index is 2.31. The summed E-state index contributed by atoms with van der Waals surface area (Å²) in [4.78, 5) is 4.85. The molecule has 1 aliphatic rings. The van der Waals surface area contributed by atoms with Crippen LogP contribution in [0.25, 0.3) is 0 Å². The van der Waals surface area contributed by atoms with Crippen LogP contribution >= 0.6 is 0 Å². The smallest absolute Gasteiger partial charge is 0.0639 e. The number of hydrogen-bond acceptors (Lipinski definition) is 3. The molecule has 0 bridgehead atoms. The maximum absolute atomic E-state index is 9.28.